The summed E-state index contributed by atoms with van der Waals surface area (Å²) < 4.78 is 3.98. The van der Waals surface area contributed by atoms with Gasteiger partial charge in [-0.05, 0) is 13.8 Å². The molecule has 0 bridgehead atoms. The molecule has 116 valence electrons. The zero-order valence-electron chi connectivity index (χ0n) is 13.0. The van der Waals surface area contributed by atoms with Crippen LogP contribution in [0.25, 0.3) is 11.2 Å². The number of imidazole rings is 1. The SMILES string of the molecule is CC(=O)N1N=C(C)[C@H](C)n2c1nc1c2c(=O)n(C)c(=O)n1C. The summed E-state index contributed by atoms with van der Waals surface area (Å²) in [6.07, 6.45) is 0. The molecule has 22 heavy (non-hydrogen) atoms. The quantitative estimate of drug-likeness (QED) is 0.670. The third kappa shape index (κ3) is 1.62. The Bertz CT molecular complexity index is 961. The average molecular weight is 304 g/mol. The van der Waals surface area contributed by atoms with Crippen molar-refractivity contribution in [3.8, 4) is 0 Å². The molecule has 0 aromatic carbocycles. The Kier molecular flexibility index (Phi) is 2.84. The molecule has 1 aliphatic heterocycles. The van der Waals surface area contributed by atoms with E-state index in [-0.39, 0.29) is 29.1 Å². The first-order chi connectivity index (χ1) is 10.3. The van der Waals surface area contributed by atoms with E-state index < -0.39 is 11.2 Å². The van der Waals surface area contributed by atoms with Crippen molar-refractivity contribution in [2.24, 2.45) is 19.2 Å². The van der Waals surface area contributed by atoms with Gasteiger partial charge in [-0.2, -0.15) is 15.1 Å². The van der Waals surface area contributed by atoms with Crippen molar-refractivity contribution >= 4 is 28.7 Å². The highest BCUT2D eigenvalue weighted by molar-refractivity contribution is 5.99. The third-order valence-electron chi connectivity index (χ3n) is 4.01. The van der Waals surface area contributed by atoms with Gasteiger partial charge in [-0.3, -0.25) is 23.3 Å². The molecule has 3 heterocycles. The van der Waals surface area contributed by atoms with Crippen LogP contribution in [0.1, 0.15) is 26.8 Å². The molecular formula is C13H16N6O3. The zero-order valence-corrected chi connectivity index (χ0v) is 13.0. The number of nitrogens with zero attached hydrogens (tertiary/aromatic N) is 6. The van der Waals surface area contributed by atoms with Crippen molar-refractivity contribution in [3.63, 3.8) is 0 Å². The monoisotopic (exact) mass is 304 g/mol. The van der Waals surface area contributed by atoms with Gasteiger partial charge in [0, 0.05) is 21.0 Å². The standard InChI is InChI=1S/C13H16N6O3/c1-6-7(2)18-9-10(14-12(18)19(15-6)8(3)20)16(4)13(22)17(5)11(9)21/h7H,1-5H3/t7-/m0/s1. The molecule has 0 aliphatic carbocycles. The molecule has 0 unspecified atom stereocenters. The van der Waals surface area contributed by atoms with Gasteiger partial charge in [0.2, 0.25) is 11.9 Å². The minimum absolute atomic E-state index is 0.235. The molecule has 0 N–H and O–H groups in total. The van der Waals surface area contributed by atoms with E-state index in [9.17, 15) is 14.4 Å². The Morgan fingerprint density at radius 2 is 1.82 bits per heavy atom. The van der Waals surface area contributed by atoms with Gasteiger partial charge in [0.25, 0.3) is 5.56 Å². The first-order valence-electron chi connectivity index (χ1n) is 6.79. The Hall–Kier alpha value is -2.71. The lowest BCUT2D eigenvalue weighted by atomic mass is 10.2. The third-order valence-corrected chi connectivity index (χ3v) is 4.01. The number of rotatable bonds is 0. The molecule has 1 atom stereocenters. The average Bonchev–Trinajstić information content (AvgIpc) is 2.87. The summed E-state index contributed by atoms with van der Waals surface area (Å²) >= 11 is 0. The number of amides is 1. The molecule has 0 saturated carbocycles. The predicted octanol–water partition coefficient (Wildman–Crippen LogP) is -0.263. The van der Waals surface area contributed by atoms with E-state index >= 15 is 0 Å². The summed E-state index contributed by atoms with van der Waals surface area (Å²) in [7, 11) is 2.96. The summed E-state index contributed by atoms with van der Waals surface area (Å²) in [5.74, 6) is -0.0662. The number of aromatic nitrogens is 4. The number of hydrogen-bond acceptors (Lipinski definition) is 5. The summed E-state index contributed by atoms with van der Waals surface area (Å²) in [6.45, 7) is 5.01. The fraction of sp³-hybridized carbons (Fsp3) is 0.462. The molecule has 3 rings (SSSR count). The van der Waals surface area contributed by atoms with Crippen molar-refractivity contribution in [3.05, 3.63) is 20.8 Å². The van der Waals surface area contributed by atoms with E-state index in [0.717, 1.165) is 9.58 Å². The zero-order chi connectivity index (χ0) is 16.3. The van der Waals surface area contributed by atoms with Gasteiger partial charge >= 0.3 is 5.69 Å². The predicted molar refractivity (Wildman–Crippen MR) is 81.2 cm³/mol. The molecule has 9 nitrogen and oxygen atoms in total. The lowest BCUT2D eigenvalue weighted by Gasteiger charge is -2.27. The number of hydrogen-bond donors (Lipinski definition) is 0. The van der Waals surface area contributed by atoms with Crippen molar-refractivity contribution in [2.45, 2.75) is 26.8 Å². The maximum atomic E-state index is 12.5. The highest BCUT2D eigenvalue weighted by Crippen LogP contribution is 2.29. The smallest absolute Gasteiger partial charge is 0.294 e. The van der Waals surface area contributed by atoms with Gasteiger partial charge in [0.15, 0.2) is 11.2 Å². The van der Waals surface area contributed by atoms with Crippen LogP contribution in [0.15, 0.2) is 14.7 Å². The Labute approximate surface area is 125 Å². The molecule has 0 fully saturated rings. The maximum Gasteiger partial charge on any atom is 0.332 e. The van der Waals surface area contributed by atoms with Gasteiger partial charge in [-0.1, -0.05) is 0 Å². The van der Waals surface area contributed by atoms with E-state index in [4.69, 9.17) is 0 Å². The highest BCUT2D eigenvalue weighted by Gasteiger charge is 2.31. The minimum Gasteiger partial charge on any atom is -0.294 e. The number of carbonyl (C=O) groups excluding carboxylic acids is 1. The normalized spacial score (nSPS) is 17.6. The number of carbonyl (C=O) groups is 1. The maximum absolute atomic E-state index is 12.5. The molecule has 9 heteroatoms. The molecule has 0 saturated heterocycles. The van der Waals surface area contributed by atoms with Crippen LogP contribution in [0.2, 0.25) is 0 Å². The van der Waals surface area contributed by atoms with Crippen LogP contribution in [0.3, 0.4) is 0 Å². The molecule has 2 aromatic rings. The molecule has 2 aromatic heterocycles. The molecule has 0 radical (unpaired) electrons. The van der Waals surface area contributed by atoms with Crippen LogP contribution in [0.4, 0.5) is 5.95 Å². The lowest BCUT2D eigenvalue weighted by Crippen LogP contribution is -2.39. The van der Waals surface area contributed by atoms with Crippen LogP contribution < -0.4 is 16.3 Å². The van der Waals surface area contributed by atoms with Crippen LogP contribution in [0.5, 0.6) is 0 Å². The summed E-state index contributed by atoms with van der Waals surface area (Å²) in [5, 5.41) is 5.38. The number of hydrazone groups is 1. The van der Waals surface area contributed by atoms with Crippen LogP contribution >= 0.6 is 0 Å². The molecule has 0 spiro atoms. The second kappa shape index (κ2) is 4.39. The van der Waals surface area contributed by atoms with Crippen LogP contribution in [-0.2, 0) is 18.9 Å². The fourth-order valence-electron chi connectivity index (χ4n) is 2.60. The highest BCUT2D eigenvalue weighted by atomic mass is 16.2. The Morgan fingerprint density at radius 1 is 1.18 bits per heavy atom. The lowest BCUT2D eigenvalue weighted by molar-refractivity contribution is -0.116. The summed E-state index contributed by atoms with van der Waals surface area (Å²) in [4.78, 5) is 40.7. The van der Waals surface area contributed by atoms with Gasteiger partial charge in [-0.15, -0.1) is 0 Å². The molecular weight excluding hydrogens is 288 g/mol. The van der Waals surface area contributed by atoms with Crippen molar-refractivity contribution in [2.75, 3.05) is 5.01 Å². The largest absolute Gasteiger partial charge is 0.332 e. The van der Waals surface area contributed by atoms with Gasteiger partial charge < -0.3 is 0 Å². The van der Waals surface area contributed by atoms with Crippen LogP contribution in [-0.4, -0.2) is 30.3 Å². The summed E-state index contributed by atoms with van der Waals surface area (Å²) in [6, 6.07) is -0.235. The molecule has 1 aliphatic rings. The van der Waals surface area contributed by atoms with E-state index in [2.05, 4.69) is 10.1 Å². The van der Waals surface area contributed by atoms with E-state index in [0.29, 0.717) is 5.71 Å². The topological polar surface area (TPSA) is 94.5 Å². The van der Waals surface area contributed by atoms with Crippen molar-refractivity contribution < 1.29 is 4.79 Å². The van der Waals surface area contributed by atoms with E-state index in [1.165, 1.54) is 18.5 Å². The number of aryl methyl sites for hydroxylation is 1. The Balaban J connectivity index is 2.53. The minimum atomic E-state index is -0.465. The fourth-order valence-corrected chi connectivity index (χ4v) is 2.60. The number of fused-ring (bicyclic) bond motifs is 3. The van der Waals surface area contributed by atoms with Crippen LogP contribution in [0, 0.1) is 0 Å². The van der Waals surface area contributed by atoms with Gasteiger partial charge in [0.05, 0.1) is 11.8 Å². The second-order valence-corrected chi connectivity index (χ2v) is 5.41. The van der Waals surface area contributed by atoms with Gasteiger partial charge in [-0.25, -0.2) is 4.79 Å². The van der Waals surface area contributed by atoms with Gasteiger partial charge in [0.1, 0.15) is 0 Å². The van der Waals surface area contributed by atoms with E-state index in [1.54, 1.807) is 18.5 Å². The molecule has 1 amide bonds. The summed E-state index contributed by atoms with van der Waals surface area (Å²) in [5.41, 5.74) is 0.297. The van der Waals surface area contributed by atoms with Crippen molar-refractivity contribution in [1.82, 2.24) is 18.7 Å². The first kappa shape index (κ1) is 14.2. The number of anilines is 1. The second-order valence-electron chi connectivity index (χ2n) is 5.41. The van der Waals surface area contributed by atoms with Crippen molar-refractivity contribution in [1.29, 1.82) is 0 Å². The Morgan fingerprint density at radius 3 is 2.41 bits per heavy atom. The van der Waals surface area contributed by atoms with E-state index in [1.807, 2.05) is 6.92 Å². The first-order valence-corrected chi connectivity index (χ1v) is 6.79.